The Bertz CT molecular complexity index is 949. The normalized spacial score (nSPS) is 19.3. The van der Waals surface area contributed by atoms with E-state index in [-0.39, 0.29) is 12.1 Å². The van der Waals surface area contributed by atoms with Gasteiger partial charge >= 0.3 is 0 Å². The minimum absolute atomic E-state index is 0.175. The van der Waals surface area contributed by atoms with Gasteiger partial charge in [-0.15, -0.1) is 0 Å². The second-order valence-electron chi connectivity index (χ2n) is 7.84. The van der Waals surface area contributed by atoms with Crippen LogP contribution < -0.4 is 16.0 Å². The molecule has 5 heteroatoms. The van der Waals surface area contributed by atoms with Gasteiger partial charge in [0, 0.05) is 48.0 Å². The molecule has 1 aromatic carbocycles. The summed E-state index contributed by atoms with van der Waals surface area (Å²) in [6.07, 6.45) is 6.43. The summed E-state index contributed by atoms with van der Waals surface area (Å²) in [4.78, 5) is 11.9. The molecular weight excluding hydrogens is 358 g/mol. The van der Waals surface area contributed by atoms with E-state index in [0.29, 0.717) is 0 Å². The summed E-state index contributed by atoms with van der Waals surface area (Å²) in [5.74, 6) is 0.890. The Balaban J connectivity index is 1.70. The summed E-state index contributed by atoms with van der Waals surface area (Å²) in [7, 11) is 0. The Labute approximate surface area is 173 Å². The van der Waals surface area contributed by atoms with Crippen LogP contribution in [-0.4, -0.2) is 35.1 Å². The summed E-state index contributed by atoms with van der Waals surface area (Å²) in [6, 6.07) is 15.2. The van der Waals surface area contributed by atoms with Gasteiger partial charge in [0.1, 0.15) is 5.82 Å². The lowest BCUT2D eigenvalue weighted by Crippen LogP contribution is -2.42. The largest absolute Gasteiger partial charge is 0.372 e. The minimum atomic E-state index is 0.175. The number of nitrogens with two attached hydrogens (primary N) is 1. The molecule has 0 aliphatic heterocycles. The monoisotopic (exact) mass is 389 g/mol. The Hall–Kier alpha value is -2.66. The van der Waals surface area contributed by atoms with Crippen molar-refractivity contribution in [3.63, 3.8) is 0 Å². The summed E-state index contributed by atoms with van der Waals surface area (Å²) in [5, 5.41) is 4.70. The zero-order chi connectivity index (χ0) is 20.2. The lowest BCUT2D eigenvalue weighted by atomic mass is 9.91. The maximum Gasteiger partial charge on any atom is 0.136 e. The van der Waals surface area contributed by atoms with Crippen molar-refractivity contribution in [3.05, 3.63) is 48.7 Å². The quantitative estimate of drug-likeness (QED) is 0.632. The first kappa shape index (κ1) is 19.6. The van der Waals surface area contributed by atoms with Crippen molar-refractivity contribution < 1.29 is 0 Å². The third-order valence-electron chi connectivity index (χ3n) is 6.03. The summed E-state index contributed by atoms with van der Waals surface area (Å²) in [6.45, 7) is 6.37. The molecule has 2 heterocycles. The van der Waals surface area contributed by atoms with Crippen molar-refractivity contribution in [2.24, 2.45) is 5.73 Å². The van der Waals surface area contributed by atoms with Gasteiger partial charge < -0.3 is 16.0 Å². The SMILES string of the molecule is CCN(CC)c1ccc(-c2cc3ncccc3c(NC3CCCCC3N)n2)cc1. The molecule has 0 amide bonds. The molecule has 2 atom stereocenters. The third-order valence-corrected chi connectivity index (χ3v) is 6.03. The number of hydrogen-bond acceptors (Lipinski definition) is 5. The van der Waals surface area contributed by atoms with Crippen molar-refractivity contribution in [1.29, 1.82) is 0 Å². The highest BCUT2D eigenvalue weighted by molar-refractivity contribution is 5.92. The molecule has 0 spiro atoms. The first-order valence-electron chi connectivity index (χ1n) is 10.8. The maximum absolute atomic E-state index is 6.38. The molecule has 4 rings (SSSR count). The van der Waals surface area contributed by atoms with Crippen LogP contribution in [0.2, 0.25) is 0 Å². The van der Waals surface area contributed by atoms with Gasteiger partial charge in [-0.25, -0.2) is 4.98 Å². The molecule has 1 saturated carbocycles. The van der Waals surface area contributed by atoms with Crippen LogP contribution in [0.25, 0.3) is 22.2 Å². The number of hydrogen-bond donors (Lipinski definition) is 2. The second-order valence-corrected chi connectivity index (χ2v) is 7.84. The molecule has 0 radical (unpaired) electrons. The van der Waals surface area contributed by atoms with Gasteiger partial charge in [0.15, 0.2) is 0 Å². The van der Waals surface area contributed by atoms with Crippen LogP contribution in [0.5, 0.6) is 0 Å². The van der Waals surface area contributed by atoms with E-state index in [4.69, 9.17) is 10.7 Å². The number of aromatic nitrogens is 2. The molecule has 1 aliphatic rings. The van der Waals surface area contributed by atoms with Crippen molar-refractivity contribution in [1.82, 2.24) is 9.97 Å². The van der Waals surface area contributed by atoms with E-state index in [2.05, 4.69) is 65.4 Å². The number of nitrogens with one attached hydrogen (secondary N) is 1. The molecule has 152 valence electrons. The number of rotatable bonds is 6. The van der Waals surface area contributed by atoms with Crippen LogP contribution in [0.4, 0.5) is 11.5 Å². The molecule has 29 heavy (non-hydrogen) atoms. The Morgan fingerprint density at radius 3 is 2.55 bits per heavy atom. The molecule has 3 N–H and O–H groups in total. The number of fused-ring (bicyclic) bond motifs is 1. The highest BCUT2D eigenvalue weighted by Gasteiger charge is 2.23. The second kappa shape index (κ2) is 8.78. The summed E-state index contributed by atoms with van der Waals surface area (Å²) in [5.41, 5.74) is 10.6. The number of nitrogens with zero attached hydrogens (tertiary/aromatic N) is 3. The molecule has 1 aliphatic carbocycles. The standard InChI is InChI=1S/C24H31N5/c1-3-29(4-2)18-13-11-17(12-14-18)22-16-23-19(8-7-15-26-23)24(28-22)27-21-10-6-5-9-20(21)25/h7-8,11-16,20-21H,3-6,9-10,25H2,1-2H3,(H,27,28). The first-order chi connectivity index (χ1) is 14.2. The fraction of sp³-hybridized carbons (Fsp3) is 0.417. The highest BCUT2D eigenvalue weighted by Crippen LogP contribution is 2.30. The lowest BCUT2D eigenvalue weighted by molar-refractivity contribution is 0.403. The van der Waals surface area contributed by atoms with E-state index < -0.39 is 0 Å². The van der Waals surface area contributed by atoms with E-state index >= 15 is 0 Å². The van der Waals surface area contributed by atoms with E-state index in [1.54, 1.807) is 0 Å². The average molecular weight is 390 g/mol. The predicted molar refractivity (Wildman–Crippen MR) is 122 cm³/mol. The van der Waals surface area contributed by atoms with Gasteiger partial charge in [-0.05, 0) is 57.0 Å². The van der Waals surface area contributed by atoms with Crippen molar-refractivity contribution in [2.45, 2.75) is 51.6 Å². The van der Waals surface area contributed by atoms with Crippen LogP contribution in [0.3, 0.4) is 0 Å². The fourth-order valence-corrected chi connectivity index (χ4v) is 4.28. The fourth-order valence-electron chi connectivity index (χ4n) is 4.28. The Morgan fingerprint density at radius 1 is 1.07 bits per heavy atom. The van der Waals surface area contributed by atoms with Crippen LogP contribution in [0, 0.1) is 0 Å². The number of pyridine rings is 2. The van der Waals surface area contributed by atoms with Gasteiger partial charge in [-0.3, -0.25) is 4.98 Å². The summed E-state index contributed by atoms with van der Waals surface area (Å²) < 4.78 is 0. The van der Waals surface area contributed by atoms with E-state index in [9.17, 15) is 0 Å². The van der Waals surface area contributed by atoms with Gasteiger partial charge in [-0.1, -0.05) is 25.0 Å². The summed E-state index contributed by atoms with van der Waals surface area (Å²) >= 11 is 0. The molecule has 3 aromatic rings. The van der Waals surface area contributed by atoms with Crippen molar-refractivity contribution in [3.8, 4) is 11.3 Å². The maximum atomic E-state index is 6.38. The van der Waals surface area contributed by atoms with Crippen LogP contribution in [0.1, 0.15) is 39.5 Å². The van der Waals surface area contributed by atoms with Crippen LogP contribution in [-0.2, 0) is 0 Å². The smallest absolute Gasteiger partial charge is 0.136 e. The van der Waals surface area contributed by atoms with Gasteiger partial charge in [0.2, 0.25) is 0 Å². The zero-order valence-corrected chi connectivity index (χ0v) is 17.4. The molecule has 0 bridgehead atoms. The first-order valence-corrected chi connectivity index (χ1v) is 10.8. The zero-order valence-electron chi connectivity index (χ0n) is 17.4. The van der Waals surface area contributed by atoms with E-state index in [1.807, 2.05) is 12.3 Å². The topological polar surface area (TPSA) is 67.1 Å². The number of benzene rings is 1. The molecule has 2 aromatic heterocycles. The van der Waals surface area contributed by atoms with E-state index in [0.717, 1.165) is 53.9 Å². The average Bonchev–Trinajstić information content (AvgIpc) is 2.76. The van der Waals surface area contributed by atoms with E-state index in [1.165, 1.54) is 18.5 Å². The molecule has 5 nitrogen and oxygen atoms in total. The van der Waals surface area contributed by atoms with Crippen LogP contribution >= 0.6 is 0 Å². The molecule has 2 unspecified atom stereocenters. The van der Waals surface area contributed by atoms with Crippen molar-refractivity contribution in [2.75, 3.05) is 23.3 Å². The minimum Gasteiger partial charge on any atom is -0.372 e. The molecule has 1 fully saturated rings. The predicted octanol–water partition coefficient (Wildman–Crippen LogP) is 4.82. The highest BCUT2D eigenvalue weighted by atomic mass is 15.1. The number of anilines is 2. The molecule has 0 saturated heterocycles. The lowest BCUT2D eigenvalue weighted by Gasteiger charge is -2.30. The Morgan fingerprint density at radius 2 is 1.83 bits per heavy atom. The van der Waals surface area contributed by atoms with Gasteiger partial charge in [0.05, 0.1) is 11.2 Å². The third kappa shape index (κ3) is 4.20. The van der Waals surface area contributed by atoms with Crippen molar-refractivity contribution >= 4 is 22.4 Å². The van der Waals surface area contributed by atoms with Gasteiger partial charge in [0.25, 0.3) is 0 Å². The molecular formula is C24H31N5. The van der Waals surface area contributed by atoms with Crippen LogP contribution in [0.15, 0.2) is 48.7 Å². The van der Waals surface area contributed by atoms with Gasteiger partial charge in [-0.2, -0.15) is 0 Å². The Kier molecular flexibility index (Phi) is 5.95.